The maximum Gasteiger partial charge on any atom is 0.149 e. The Morgan fingerprint density at radius 3 is 2.69 bits per heavy atom. The molecule has 0 bridgehead atoms. The SMILES string of the molecule is Cc1ccc(N)c(NC(CCO)C(C)C)n1. The Bertz CT molecular complexity index is 339. The van der Waals surface area contributed by atoms with Crippen LogP contribution in [0.1, 0.15) is 26.0 Å². The Kier molecular flexibility index (Phi) is 4.55. The van der Waals surface area contributed by atoms with E-state index in [0.717, 1.165) is 5.69 Å². The van der Waals surface area contributed by atoms with E-state index in [4.69, 9.17) is 10.8 Å². The minimum absolute atomic E-state index is 0.168. The smallest absolute Gasteiger partial charge is 0.149 e. The number of pyridine rings is 1. The van der Waals surface area contributed by atoms with Gasteiger partial charge in [-0.1, -0.05) is 13.8 Å². The average molecular weight is 223 g/mol. The molecule has 4 N–H and O–H groups in total. The van der Waals surface area contributed by atoms with Gasteiger partial charge in [0.2, 0.25) is 0 Å². The molecule has 4 nitrogen and oxygen atoms in total. The van der Waals surface area contributed by atoms with E-state index in [1.54, 1.807) is 0 Å². The van der Waals surface area contributed by atoms with E-state index in [0.29, 0.717) is 23.8 Å². The zero-order valence-corrected chi connectivity index (χ0v) is 10.2. The van der Waals surface area contributed by atoms with E-state index < -0.39 is 0 Å². The summed E-state index contributed by atoms with van der Waals surface area (Å²) in [5.41, 5.74) is 7.43. The number of nitrogens with two attached hydrogens (primary N) is 1. The first-order chi connectivity index (χ1) is 7.54. The van der Waals surface area contributed by atoms with E-state index in [2.05, 4.69) is 24.1 Å². The molecule has 0 saturated heterocycles. The minimum Gasteiger partial charge on any atom is -0.396 e. The number of nitrogen functional groups attached to an aromatic ring is 1. The second-order valence-electron chi connectivity index (χ2n) is 4.40. The first-order valence-electron chi connectivity index (χ1n) is 5.65. The Morgan fingerprint density at radius 1 is 1.44 bits per heavy atom. The lowest BCUT2D eigenvalue weighted by molar-refractivity contribution is 0.267. The molecule has 1 aromatic heterocycles. The molecule has 0 amide bonds. The van der Waals surface area contributed by atoms with Gasteiger partial charge < -0.3 is 16.2 Å². The van der Waals surface area contributed by atoms with Crippen LogP contribution in [-0.2, 0) is 0 Å². The van der Waals surface area contributed by atoms with Crippen LogP contribution in [0.2, 0.25) is 0 Å². The van der Waals surface area contributed by atoms with Crippen LogP contribution in [0.4, 0.5) is 11.5 Å². The van der Waals surface area contributed by atoms with Crippen LogP contribution in [0.15, 0.2) is 12.1 Å². The molecule has 1 aromatic rings. The van der Waals surface area contributed by atoms with Crippen LogP contribution < -0.4 is 11.1 Å². The van der Waals surface area contributed by atoms with Gasteiger partial charge in [0.1, 0.15) is 5.82 Å². The number of aromatic nitrogens is 1. The fourth-order valence-electron chi connectivity index (χ4n) is 1.57. The van der Waals surface area contributed by atoms with Crippen molar-refractivity contribution < 1.29 is 5.11 Å². The van der Waals surface area contributed by atoms with Gasteiger partial charge in [-0.3, -0.25) is 0 Å². The number of nitrogens with zero attached hydrogens (tertiary/aromatic N) is 1. The molecule has 1 unspecified atom stereocenters. The highest BCUT2D eigenvalue weighted by atomic mass is 16.3. The summed E-state index contributed by atoms with van der Waals surface area (Å²) < 4.78 is 0. The van der Waals surface area contributed by atoms with Crippen molar-refractivity contribution in [2.75, 3.05) is 17.7 Å². The third-order valence-electron chi connectivity index (χ3n) is 2.63. The summed E-state index contributed by atoms with van der Waals surface area (Å²) in [7, 11) is 0. The molecule has 0 radical (unpaired) electrons. The molecule has 16 heavy (non-hydrogen) atoms. The molecular weight excluding hydrogens is 202 g/mol. The van der Waals surface area contributed by atoms with Gasteiger partial charge in [-0.05, 0) is 31.4 Å². The number of anilines is 2. The summed E-state index contributed by atoms with van der Waals surface area (Å²) in [6, 6.07) is 3.93. The summed E-state index contributed by atoms with van der Waals surface area (Å²) in [6.45, 7) is 6.32. The minimum atomic E-state index is 0.168. The Morgan fingerprint density at radius 2 is 2.12 bits per heavy atom. The molecule has 90 valence electrons. The van der Waals surface area contributed by atoms with E-state index in [-0.39, 0.29) is 12.6 Å². The molecule has 0 aliphatic carbocycles. The molecular formula is C12H21N3O. The number of aliphatic hydroxyl groups is 1. The largest absolute Gasteiger partial charge is 0.396 e. The summed E-state index contributed by atoms with van der Waals surface area (Å²) in [5.74, 6) is 1.14. The fourth-order valence-corrected chi connectivity index (χ4v) is 1.57. The predicted octanol–water partition coefficient (Wildman–Crippen LogP) is 1.79. The van der Waals surface area contributed by atoms with Gasteiger partial charge in [-0.2, -0.15) is 0 Å². The Labute approximate surface area is 96.9 Å². The van der Waals surface area contributed by atoms with Crippen molar-refractivity contribution in [1.82, 2.24) is 4.98 Å². The van der Waals surface area contributed by atoms with Crippen LogP contribution in [0, 0.1) is 12.8 Å². The molecule has 0 aliphatic heterocycles. The molecule has 1 heterocycles. The molecule has 0 spiro atoms. The van der Waals surface area contributed by atoms with E-state index >= 15 is 0 Å². The van der Waals surface area contributed by atoms with Crippen LogP contribution in [0.5, 0.6) is 0 Å². The van der Waals surface area contributed by atoms with Gasteiger partial charge in [0.15, 0.2) is 0 Å². The van der Waals surface area contributed by atoms with Gasteiger partial charge in [-0.15, -0.1) is 0 Å². The van der Waals surface area contributed by atoms with Gasteiger partial charge in [0, 0.05) is 18.3 Å². The molecule has 1 rings (SSSR count). The van der Waals surface area contributed by atoms with Crippen molar-refractivity contribution >= 4 is 11.5 Å². The van der Waals surface area contributed by atoms with Gasteiger partial charge in [0.05, 0.1) is 5.69 Å². The van der Waals surface area contributed by atoms with Crippen molar-refractivity contribution in [2.24, 2.45) is 5.92 Å². The van der Waals surface area contributed by atoms with E-state index in [1.807, 2.05) is 19.1 Å². The lowest BCUT2D eigenvalue weighted by atomic mass is 10.0. The lowest BCUT2D eigenvalue weighted by Gasteiger charge is -2.23. The van der Waals surface area contributed by atoms with Gasteiger partial charge in [-0.25, -0.2) is 4.98 Å². The van der Waals surface area contributed by atoms with Crippen molar-refractivity contribution in [2.45, 2.75) is 33.2 Å². The highest BCUT2D eigenvalue weighted by molar-refractivity contribution is 5.61. The Hall–Kier alpha value is -1.29. The van der Waals surface area contributed by atoms with Gasteiger partial charge >= 0.3 is 0 Å². The van der Waals surface area contributed by atoms with Crippen LogP contribution in [0.3, 0.4) is 0 Å². The van der Waals surface area contributed by atoms with Crippen LogP contribution in [0.25, 0.3) is 0 Å². The second kappa shape index (κ2) is 5.70. The van der Waals surface area contributed by atoms with Gasteiger partial charge in [0.25, 0.3) is 0 Å². The summed E-state index contributed by atoms with van der Waals surface area (Å²) in [4.78, 5) is 4.36. The number of nitrogens with one attached hydrogen (secondary N) is 1. The molecule has 1 atom stereocenters. The quantitative estimate of drug-likeness (QED) is 0.711. The van der Waals surface area contributed by atoms with Crippen molar-refractivity contribution in [3.05, 3.63) is 17.8 Å². The summed E-state index contributed by atoms with van der Waals surface area (Å²) in [5, 5.41) is 12.3. The number of hydrogen-bond donors (Lipinski definition) is 3. The second-order valence-corrected chi connectivity index (χ2v) is 4.40. The zero-order valence-electron chi connectivity index (χ0n) is 10.2. The molecule has 0 fully saturated rings. The normalized spacial score (nSPS) is 12.8. The first-order valence-corrected chi connectivity index (χ1v) is 5.65. The van der Waals surface area contributed by atoms with E-state index in [1.165, 1.54) is 0 Å². The third-order valence-corrected chi connectivity index (χ3v) is 2.63. The molecule has 0 saturated carbocycles. The van der Waals surface area contributed by atoms with Crippen LogP contribution in [-0.4, -0.2) is 22.7 Å². The van der Waals surface area contributed by atoms with Crippen molar-refractivity contribution in [1.29, 1.82) is 0 Å². The standard InChI is InChI=1S/C12H21N3O/c1-8(2)11(6-7-16)15-12-10(13)5-4-9(3)14-12/h4-5,8,11,16H,6-7,13H2,1-3H3,(H,14,15). The first kappa shape index (κ1) is 12.8. The van der Waals surface area contributed by atoms with E-state index in [9.17, 15) is 0 Å². The molecule has 0 aromatic carbocycles. The molecule has 0 aliphatic rings. The number of aliphatic hydroxyl groups excluding tert-OH is 1. The number of aryl methyl sites for hydroxylation is 1. The zero-order chi connectivity index (χ0) is 12.1. The Balaban J connectivity index is 2.80. The highest BCUT2D eigenvalue weighted by Gasteiger charge is 2.14. The van der Waals surface area contributed by atoms with Crippen molar-refractivity contribution in [3.63, 3.8) is 0 Å². The number of hydrogen-bond acceptors (Lipinski definition) is 4. The fraction of sp³-hybridized carbons (Fsp3) is 0.583. The maximum absolute atomic E-state index is 9.00. The molecule has 4 heteroatoms. The predicted molar refractivity (Wildman–Crippen MR) is 67.3 cm³/mol. The topological polar surface area (TPSA) is 71.2 Å². The lowest BCUT2D eigenvalue weighted by Crippen LogP contribution is -2.27. The monoisotopic (exact) mass is 223 g/mol. The summed E-state index contributed by atoms with van der Waals surface area (Å²) in [6.07, 6.45) is 0.701. The third kappa shape index (κ3) is 3.38. The van der Waals surface area contributed by atoms with Crippen LogP contribution >= 0.6 is 0 Å². The number of rotatable bonds is 5. The highest BCUT2D eigenvalue weighted by Crippen LogP contribution is 2.19. The summed E-state index contributed by atoms with van der Waals surface area (Å²) >= 11 is 0. The van der Waals surface area contributed by atoms with Crippen molar-refractivity contribution in [3.8, 4) is 0 Å². The maximum atomic E-state index is 9.00. The average Bonchev–Trinajstić information content (AvgIpc) is 2.22.